The number of nitrogen functional groups attached to an aromatic ring is 1. The Bertz CT molecular complexity index is 619. The van der Waals surface area contributed by atoms with Crippen molar-refractivity contribution < 1.29 is 27.4 Å². The van der Waals surface area contributed by atoms with Crippen molar-refractivity contribution in [2.24, 2.45) is 0 Å². The van der Waals surface area contributed by atoms with Crippen LogP contribution in [0.25, 0.3) is 6.08 Å². The van der Waals surface area contributed by atoms with E-state index in [2.05, 4.69) is 9.72 Å². The molecule has 1 aromatic heterocycles. The van der Waals surface area contributed by atoms with Crippen molar-refractivity contribution >= 4 is 11.9 Å². The molecule has 3 unspecified atom stereocenters. The van der Waals surface area contributed by atoms with Gasteiger partial charge in [-0.25, -0.2) is 13.6 Å². The first-order valence-corrected chi connectivity index (χ1v) is 5.76. The quantitative estimate of drug-likeness (QED) is 0.799. The zero-order valence-electron chi connectivity index (χ0n) is 10.4. The van der Waals surface area contributed by atoms with Crippen LogP contribution in [0.1, 0.15) is 11.8 Å². The molecular formula is C11H11F4N3O3. The van der Waals surface area contributed by atoms with Crippen molar-refractivity contribution in [1.29, 1.82) is 0 Å². The fourth-order valence-corrected chi connectivity index (χ4v) is 1.96. The lowest BCUT2D eigenvalue weighted by Gasteiger charge is -2.20. The second kappa shape index (κ2) is 5.45. The minimum atomic E-state index is -4.06. The zero-order chi connectivity index (χ0) is 15.8. The van der Waals surface area contributed by atoms with E-state index in [-0.39, 0.29) is 17.7 Å². The molecule has 0 bridgehead atoms. The first-order chi connectivity index (χ1) is 9.82. The number of alkyl halides is 3. The van der Waals surface area contributed by atoms with Crippen LogP contribution in [0, 0.1) is 0 Å². The highest BCUT2D eigenvalue weighted by atomic mass is 19.3. The Morgan fingerprint density at radius 3 is 2.76 bits per heavy atom. The first-order valence-electron chi connectivity index (χ1n) is 5.76. The smallest absolute Gasteiger partial charge is 0.351 e. The van der Waals surface area contributed by atoms with Gasteiger partial charge in [0.25, 0.3) is 0 Å². The predicted octanol–water partition coefficient (Wildman–Crippen LogP) is 0.629. The number of aliphatic hydroxyl groups is 1. The van der Waals surface area contributed by atoms with Crippen molar-refractivity contribution in [2.45, 2.75) is 24.4 Å². The summed E-state index contributed by atoms with van der Waals surface area (Å²) in [6.45, 7) is -0.984. The SMILES string of the molecule is Nc1nc(=O)n(C2OC(CO)C(F)C2(F)F)cc1/C=C/F. The van der Waals surface area contributed by atoms with Crippen LogP contribution in [0.2, 0.25) is 0 Å². The average molecular weight is 309 g/mol. The van der Waals surface area contributed by atoms with Gasteiger partial charge >= 0.3 is 11.6 Å². The fourth-order valence-electron chi connectivity index (χ4n) is 1.96. The van der Waals surface area contributed by atoms with E-state index in [0.717, 1.165) is 12.3 Å². The van der Waals surface area contributed by atoms with Crippen LogP contribution in [-0.4, -0.2) is 39.5 Å². The third kappa shape index (κ3) is 2.51. The van der Waals surface area contributed by atoms with E-state index >= 15 is 0 Å². The number of aliphatic hydroxyl groups excluding tert-OH is 1. The van der Waals surface area contributed by atoms with E-state index < -0.39 is 36.7 Å². The average Bonchev–Trinajstić information content (AvgIpc) is 2.65. The van der Waals surface area contributed by atoms with Crippen molar-refractivity contribution in [3.8, 4) is 0 Å². The number of nitrogens with two attached hydrogens (primary N) is 1. The molecule has 3 atom stereocenters. The van der Waals surface area contributed by atoms with Crippen LogP contribution in [0.4, 0.5) is 23.4 Å². The number of hydrogen-bond donors (Lipinski definition) is 2. The molecule has 2 rings (SSSR count). The number of rotatable bonds is 3. The van der Waals surface area contributed by atoms with Gasteiger partial charge in [-0.3, -0.25) is 4.57 Å². The van der Waals surface area contributed by atoms with E-state index in [1.165, 1.54) is 0 Å². The van der Waals surface area contributed by atoms with Crippen LogP contribution < -0.4 is 11.4 Å². The lowest BCUT2D eigenvalue weighted by atomic mass is 10.1. The molecule has 1 aliphatic rings. The number of halogens is 4. The molecule has 0 aromatic carbocycles. The largest absolute Gasteiger partial charge is 0.394 e. The molecular weight excluding hydrogens is 298 g/mol. The summed E-state index contributed by atoms with van der Waals surface area (Å²) in [5.74, 6) is -4.44. The van der Waals surface area contributed by atoms with E-state index in [0.29, 0.717) is 4.57 Å². The summed E-state index contributed by atoms with van der Waals surface area (Å²) >= 11 is 0. The third-order valence-corrected chi connectivity index (χ3v) is 3.01. The lowest BCUT2D eigenvalue weighted by Crippen LogP contribution is -2.40. The van der Waals surface area contributed by atoms with Gasteiger partial charge in [0.15, 0.2) is 6.17 Å². The summed E-state index contributed by atoms with van der Waals surface area (Å²) in [6.07, 6.45) is -5.23. The predicted molar refractivity (Wildman–Crippen MR) is 63.9 cm³/mol. The molecule has 116 valence electrons. The van der Waals surface area contributed by atoms with Crippen molar-refractivity contribution in [3.05, 3.63) is 28.6 Å². The molecule has 1 aromatic rings. The summed E-state index contributed by atoms with van der Waals surface area (Å²) in [5, 5.41) is 8.80. The van der Waals surface area contributed by atoms with Crippen LogP contribution in [0.5, 0.6) is 0 Å². The van der Waals surface area contributed by atoms with Crippen LogP contribution in [-0.2, 0) is 4.74 Å². The molecule has 1 aliphatic heterocycles. The number of anilines is 1. The highest BCUT2D eigenvalue weighted by Gasteiger charge is 2.60. The minimum absolute atomic E-state index is 0.0737. The van der Waals surface area contributed by atoms with Crippen LogP contribution in [0.3, 0.4) is 0 Å². The summed E-state index contributed by atoms with van der Waals surface area (Å²) in [4.78, 5) is 14.9. The van der Waals surface area contributed by atoms with Gasteiger partial charge in [0.2, 0.25) is 6.23 Å². The van der Waals surface area contributed by atoms with E-state index in [1.807, 2.05) is 0 Å². The summed E-state index contributed by atoms with van der Waals surface area (Å²) in [6, 6.07) is 0. The molecule has 1 fully saturated rings. The Kier molecular flexibility index (Phi) is 4.01. The molecule has 6 nitrogen and oxygen atoms in total. The molecule has 0 aliphatic carbocycles. The molecule has 0 spiro atoms. The molecule has 1 saturated heterocycles. The van der Waals surface area contributed by atoms with Gasteiger partial charge in [-0.15, -0.1) is 0 Å². The Morgan fingerprint density at radius 2 is 2.24 bits per heavy atom. The van der Waals surface area contributed by atoms with Gasteiger partial charge in [0, 0.05) is 11.8 Å². The van der Waals surface area contributed by atoms with Gasteiger partial charge in [-0.2, -0.15) is 13.8 Å². The monoisotopic (exact) mass is 309 g/mol. The zero-order valence-corrected chi connectivity index (χ0v) is 10.4. The Balaban J connectivity index is 2.51. The minimum Gasteiger partial charge on any atom is -0.394 e. The van der Waals surface area contributed by atoms with Crippen molar-refractivity contribution in [2.75, 3.05) is 12.3 Å². The molecule has 21 heavy (non-hydrogen) atoms. The van der Waals surface area contributed by atoms with Crippen LogP contribution in [0.15, 0.2) is 17.3 Å². The van der Waals surface area contributed by atoms with Crippen molar-refractivity contribution in [1.82, 2.24) is 9.55 Å². The molecule has 3 N–H and O–H groups in total. The molecule has 0 radical (unpaired) electrons. The highest BCUT2D eigenvalue weighted by molar-refractivity contribution is 5.58. The first kappa shape index (κ1) is 15.4. The Morgan fingerprint density at radius 1 is 1.57 bits per heavy atom. The number of ether oxygens (including phenoxy) is 1. The van der Waals surface area contributed by atoms with E-state index in [4.69, 9.17) is 10.8 Å². The summed E-state index contributed by atoms with van der Waals surface area (Å²) in [7, 11) is 0. The number of nitrogens with zero attached hydrogens (tertiary/aromatic N) is 2. The Hall–Kier alpha value is -1.94. The molecule has 0 saturated carbocycles. The highest BCUT2D eigenvalue weighted by Crippen LogP contribution is 2.43. The summed E-state index contributed by atoms with van der Waals surface area (Å²) < 4.78 is 58.3. The maximum Gasteiger partial charge on any atom is 0.351 e. The van der Waals surface area contributed by atoms with Gasteiger partial charge in [0.05, 0.1) is 12.9 Å². The molecule has 0 amide bonds. The maximum absolute atomic E-state index is 13.8. The lowest BCUT2D eigenvalue weighted by molar-refractivity contribution is -0.130. The maximum atomic E-state index is 13.8. The van der Waals surface area contributed by atoms with E-state index in [1.54, 1.807) is 0 Å². The molecule has 2 heterocycles. The number of aromatic nitrogens is 2. The van der Waals surface area contributed by atoms with E-state index in [9.17, 15) is 22.4 Å². The molecule has 10 heteroatoms. The topological polar surface area (TPSA) is 90.4 Å². The van der Waals surface area contributed by atoms with Gasteiger partial charge in [-0.1, -0.05) is 0 Å². The fraction of sp³-hybridized carbons (Fsp3) is 0.455. The van der Waals surface area contributed by atoms with Crippen molar-refractivity contribution in [3.63, 3.8) is 0 Å². The Labute approximate surface area is 115 Å². The number of hydrogen-bond acceptors (Lipinski definition) is 5. The van der Waals surface area contributed by atoms with Gasteiger partial charge < -0.3 is 15.6 Å². The second-order valence-corrected chi connectivity index (χ2v) is 4.35. The third-order valence-electron chi connectivity index (χ3n) is 3.01. The van der Waals surface area contributed by atoms with Crippen LogP contribution >= 0.6 is 0 Å². The van der Waals surface area contributed by atoms with Gasteiger partial charge in [-0.05, 0) is 6.08 Å². The second-order valence-electron chi connectivity index (χ2n) is 4.35. The normalized spacial score (nSPS) is 28.3. The standard InChI is InChI=1S/C11H11F4N3O3/c12-2-1-5-3-18(10(20)17-8(5)16)9-11(14,15)7(13)6(4-19)21-9/h1-3,6-7,9,19H,4H2,(H2,16,17,20)/b2-1+. The summed E-state index contributed by atoms with van der Waals surface area (Å²) in [5.41, 5.74) is 3.98. The van der Waals surface area contributed by atoms with Gasteiger partial charge in [0.1, 0.15) is 11.9 Å².